The minimum absolute atomic E-state index is 0.164. The van der Waals surface area contributed by atoms with Crippen molar-refractivity contribution in [3.05, 3.63) is 40.1 Å². The lowest BCUT2D eigenvalue weighted by Crippen LogP contribution is -2.29. The maximum atomic E-state index is 5.64. The molecule has 1 atom stereocenters. The van der Waals surface area contributed by atoms with E-state index in [2.05, 4.69) is 22.3 Å². The number of hydrogen-bond acceptors (Lipinski definition) is 6. The number of aromatic nitrogens is 2. The van der Waals surface area contributed by atoms with Crippen molar-refractivity contribution in [2.75, 3.05) is 6.61 Å². The first kappa shape index (κ1) is 13.9. The first-order valence-corrected chi connectivity index (χ1v) is 7.08. The number of hydrazine groups is 1. The molecule has 0 bridgehead atoms. The summed E-state index contributed by atoms with van der Waals surface area (Å²) in [5.41, 5.74) is 4.63. The Morgan fingerprint density at radius 2 is 2.32 bits per heavy atom. The van der Waals surface area contributed by atoms with Gasteiger partial charge in [-0.3, -0.25) is 10.8 Å². The van der Waals surface area contributed by atoms with Gasteiger partial charge in [0.15, 0.2) is 0 Å². The molecular weight excluding hydrogens is 260 g/mol. The third-order valence-electron chi connectivity index (χ3n) is 2.64. The second kappa shape index (κ2) is 6.60. The van der Waals surface area contributed by atoms with E-state index in [1.165, 1.54) is 0 Å². The third-order valence-corrected chi connectivity index (χ3v) is 3.43. The normalized spacial score (nSPS) is 12.4. The van der Waals surface area contributed by atoms with Gasteiger partial charge in [0.25, 0.3) is 0 Å². The van der Waals surface area contributed by atoms with Crippen LogP contribution in [-0.2, 0) is 0 Å². The van der Waals surface area contributed by atoms with E-state index in [-0.39, 0.29) is 6.04 Å². The number of pyridine rings is 1. The predicted octanol–water partition coefficient (Wildman–Crippen LogP) is 2.19. The van der Waals surface area contributed by atoms with Crippen LogP contribution in [0.15, 0.2) is 23.8 Å². The molecule has 0 fully saturated rings. The molecule has 0 aliphatic carbocycles. The number of hydrogen-bond donors (Lipinski definition) is 2. The molecule has 6 heteroatoms. The van der Waals surface area contributed by atoms with E-state index < -0.39 is 0 Å². The molecule has 0 amide bonds. The molecule has 2 aromatic heterocycles. The standard InChI is InChI=1S/C13H18N4OS/c1-3-4-18-11-5-10(6-15-7-11)13(17-14)12-8-19-9(2)16-12/h5-8,13,17H,3-4,14H2,1-2H3. The summed E-state index contributed by atoms with van der Waals surface area (Å²) < 4.78 is 5.58. The Labute approximate surface area is 116 Å². The zero-order valence-corrected chi connectivity index (χ0v) is 11.9. The molecule has 1 unspecified atom stereocenters. The van der Waals surface area contributed by atoms with E-state index in [4.69, 9.17) is 10.6 Å². The number of thiazole rings is 1. The Morgan fingerprint density at radius 1 is 1.47 bits per heavy atom. The highest BCUT2D eigenvalue weighted by Gasteiger charge is 2.16. The van der Waals surface area contributed by atoms with Gasteiger partial charge in [-0.05, 0) is 25.0 Å². The zero-order chi connectivity index (χ0) is 13.7. The average Bonchev–Trinajstić information content (AvgIpc) is 2.84. The summed E-state index contributed by atoms with van der Waals surface area (Å²) >= 11 is 1.60. The fraction of sp³-hybridized carbons (Fsp3) is 0.385. The molecule has 5 nitrogen and oxygen atoms in total. The van der Waals surface area contributed by atoms with Crippen LogP contribution in [0.3, 0.4) is 0 Å². The summed E-state index contributed by atoms with van der Waals surface area (Å²) in [4.78, 5) is 8.65. The van der Waals surface area contributed by atoms with Crippen molar-refractivity contribution in [3.8, 4) is 5.75 Å². The molecule has 0 saturated carbocycles. The van der Waals surface area contributed by atoms with E-state index in [1.807, 2.05) is 18.4 Å². The Hall–Kier alpha value is -1.50. The van der Waals surface area contributed by atoms with Crippen LogP contribution in [0, 0.1) is 6.92 Å². The van der Waals surface area contributed by atoms with E-state index in [1.54, 1.807) is 23.7 Å². The van der Waals surface area contributed by atoms with E-state index >= 15 is 0 Å². The Balaban J connectivity index is 2.23. The highest BCUT2D eigenvalue weighted by molar-refractivity contribution is 7.09. The van der Waals surface area contributed by atoms with Crippen molar-refractivity contribution in [1.29, 1.82) is 0 Å². The Bertz CT molecular complexity index is 529. The molecular formula is C13H18N4OS. The molecule has 0 radical (unpaired) electrons. The maximum absolute atomic E-state index is 5.64. The molecule has 2 heterocycles. The second-order valence-electron chi connectivity index (χ2n) is 4.19. The van der Waals surface area contributed by atoms with Gasteiger partial charge in [0, 0.05) is 11.6 Å². The van der Waals surface area contributed by atoms with Crippen LogP contribution in [0.5, 0.6) is 5.75 Å². The Kier molecular flexibility index (Phi) is 4.84. The molecule has 2 rings (SSSR count). The van der Waals surface area contributed by atoms with Gasteiger partial charge in [0.05, 0.1) is 29.5 Å². The largest absolute Gasteiger partial charge is 0.492 e. The topological polar surface area (TPSA) is 73.1 Å². The highest BCUT2D eigenvalue weighted by atomic mass is 32.1. The second-order valence-corrected chi connectivity index (χ2v) is 5.26. The minimum Gasteiger partial charge on any atom is -0.492 e. The van der Waals surface area contributed by atoms with Gasteiger partial charge in [0.2, 0.25) is 0 Å². The van der Waals surface area contributed by atoms with Crippen LogP contribution in [0.4, 0.5) is 0 Å². The van der Waals surface area contributed by atoms with Crippen LogP contribution in [-0.4, -0.2) is 16.6 Å². The summed E-state index contributed by atoms with van der Waals surface area (Å²) in [6, 6.07) is 1.78. The van der Waals surface area contributed by atoms with Crippen LogP contribution >= 0.6 is 11.3 Å². The van der Waals surface area contributed by atoms with Gasteiger partial charge < -0.3 is 4.74 Å². The number of nitrogens with zero attached hydrogens (tertiary/aromatic N) is 2. The highest BCUT2D eigenvalue weighted by Crippen LogP contribution is 2.24. The lowest BCUT2D eigenvalue weighted by Gasteiger charge is -2.14. The smallest absolute Gasteiger partial charge is 0.137 e. The number of nitrogens with one attached hydrogen (secondary N) is 1. The zero-order valence-electron chi connectivity index (χ0n) is 11.1. The molecule has 0 spiro atoms. The van der Waals surface area contributed by atoms with Gasteiger partial charge in [-0.25, -0.2) is 10.4 Å². The molecule has 2 aromatic rings. The summed E-state index contributed by atoms with van der Waals surface area (Å²) in [5, 5.41) is 3.01. The van der Waals surface area contributed by atoms with Gasteiger partial charge in [-0.15, -0.1) is 11.3 Å². The summed E-state index contributed by atoms with van der Waals surface area (Å²) in [6.45, 7) is 4.72. The minimum atomic E-state index is -0.164. The molecule has 0 aliphatic rings. The number of aryl methyl sites for hydroxylation is 1. The van der Waals surface area contributed by atoms with Crippen LogP contribution in [0.25, 0.3) is 0 Å². The van der Waals surface area contributed by atoms with Crippen LogP contribution < -0.4 is 16.0 Å². The van der Waals surface area contributed by atoms with Gasteiger partial charge in [-0.1, -0.05) is 6.92 Å². The monoisotopic (exact) mass is 278 g/mol. The van der Waals surface area contributed by atoms with E-state index in [9.17, 15) is 0 Å². The first-order valence-electron chi connectivity index (χ1n) is 6.20. The van der Waals surface area contributed by atoms with Crippen LogP contribution in [0.2, 0.25) is 0 Å². The van der Waals surface area contributed by atoms with Crippen molar-refractivity contribution in [3.63, 3.8) is 0 Å². The SMILES string of the molecule is CCCOc1cncc(C(NN)c2csc(C)n2)c1. The molecule has 102 valence electrons. The summed E-state index contributed by atoms with van der Waals surface area (Å²) in [5.74, 6) is 6.40. The average molecular weight is 278 g/mol. The van der Waals surface area contributed by atoms with Crippen molar-refractivity contribution in [2.45, 2.75) is 26.3 Å². The number of rotatable bonds is 6. The third kappa shape index (κ3) is 3.50. The van der Waals surface area contributed by atoms with E-state index in [0.29, 0.717) is 6.61 Å². The molecule has 3 N–H and O–H groups in total. The molecule has 0 aromatic carbocycles. The van der Waals surface area contributed by atoms with Crippen molar-refractivity contribution in [2.24, 2.45) is 5.84 Å². The van der Waals surface area contributed by atoms with Gasteiger partial charge >= 0.3 is 0 Å². The van der Waals surface area contributed by atoms with Crippen molar-refractivity contribution in [1.82, 2.24) is 15.4 Å². The lowest BCUT2D eigenvalue weighted by atomic mass is 10.1. The first-order chi connectivity index (χ1) is 9.24. The quantitative estimate of drug-likeness (QED) is 0.626. The number of ether oxygens (including phenoxy) is 1. The molecule has 0 saturated heterocycles. The summed E-state index contributed by atoms with van der Waals surface area (Å²) in [6.07, 6.45) is 4.45. The fourth-order valence-electron chi connectivity index (χ4n) is 1.76. The Morgan fingerprint density at radius 3 is 2.95 bits per heavy atom. The molecule has 19 heavy (non-hydrogen) atoms. The van der Waals surface area contributed by atoms with Gasteiger partial charge in [0.1, 0.15) is 5.75 Å². The molecule has 0 aliphatic heterocycles. The van der Waals surface area contributed by atoms with E-state index in [0.717, 1.165) is 28.4 Å². The summed E-state index contributed by atoms with van der Waals surface area (Å²) in [7, 11) is 0. The maximum Gasteiger partial charge on any atom is 0.137 e. The predicted molar refractivity (Wildman–Crippen MR) is 76.0 cm³/mol. The fourth-order valence-corrected chi connectivity index (χ4v) is 2.40. The van der Waals surface area contributed by atoms with Crippen molar-refractivity contribution < 1.29 is 4.74 Å². The van der Waals surface area contributed by atoms with Crippen molar-refractivity contribution >= 4 is 11.3 Å². The number of nitrogens with two attached hydrogens (primary N) is 1. The van der Waals surface area contributed by atoms with Gasteiger partial charge in [-0.2, -0.15) is 0 Å². The van der Waals surface area contributed by atoms with Crippen LogP contribution in [0.1, 0.15) is 35.7 Å². The lowest BCUT2D eigenvalue weighted by molar-refractivity contribution is 0.315.